The summed E-state index contributed by atoms with van der Waals surface area (Å²) in [6, 6.07) is 17.4. The number of fused-ring (bicyclic) bond motifs is 3. The maximum absolute atomic E-state index is 9.17. The summed E-state index contributed by atoms with van der Waals surface area (Å²) in [5, 5.41) is 0. The number of rotatable bonds is 2. The average Bonchev–Trinajstić information content (AvgIpc) is 3.17. The van der Waals surface area contributed by atoms with Crippen molar-refractivity contribution in [2.45, 2.75) is 31.6 Å². The molecule has 29 heavy (non-hydrogen) atoms. The van der Waals surface area contributed by atoms with E-state index < -0.39 is 10.8 Å². The molecule has 0 atom stereocenters. The lowest BCUT2D eigenvalue weighted by Gasteiger charge is -2.34. The van der Waals surface area contributed by atoms with Gasteiger partial charge in [-0.1, -0.05) is 124 Å². The molecule has 0 unspecified atom stereocenters. The summed E-state index contributed by atoms with van der Waals surface area (Å²) in [6.07, 6.45) is 0. The SMILES string of the molecule is [2H]c1c([2H])c([2H])c2c(c1[2H])-c1c(C(C)(C)C)c([2H])c([2H])c([2H])c1C2(c1ccccc1)c1ccccc1. The molecule has 0 heterocycles. The Balaban J connectivity index is 2.20. The van der Waals surface area contributed by atoms with Gasteiger partial charge in [0.05, 0.1) is 15.0 Å². The monoisotopic (exact) mass is 381 g/mol. The molecular formula is C29H26. The highest BCUT2D eigenvalue weighted by molar-refractivity contribution is 5.88. The van der Waals surface area contributed by atoms with Crippen LogP contribution >= 0.6 is 0 Å². The molecular weight excluding hydrogens is 348 g/mol. The minimum atomic E-state index is -1.26. The summed E-state index contributed by atoms with van der Waals surface area (Å²) in [6.45, 7) is 5.79. The van der Waals surface area contributed by atoms with Crippen LogP contribution in [-0.4, -0.2) is 0 Å². The lowest BCUT2D eigenvalue weighted by molar-refractivity contribution is 0.591. The van der Waals surface area contributed by atoms with Crippen molar-refractivity contribution in [2.75, 3.05) is 0 Å². The highest BCUT2D eigenvalue weighted by atomic mass is 14.5. The predicted molar refractivity (Wildman–Crippen MR) is 122 cm³/mol. The zero-order valence-electron chi connectivity index (χ0n) is 23.8. The van der Waals surface area contributed by atoms with E-state index in [0.29, 0.717) is 27.8 Å². The van der Waals surface area contributed by atoms with Crippen LogP contribution in [0, 0.1) is 0 Å². The van der Waals surface area contributed by atoms with Crippen molar-refractivity contribution < 1.29 is 9.60 Å². The fourth-order valence-corrected chi connectivity index (χ4v) is 4.53. The summed E-state index contributed by atoms with van der Waals surface area (Å²) >= 11 is 0. The smallest absolute Gasteiger partial charge is 0.0622 e. The highest BCUT2D eigenvalue weighted by Crippen LogP contribution is 2.57. The lowest BCUT2D eigenvalue weighted by atomic mass is 9.67. The number of hydrogen-bond acceptors (Lipinski definition) is 0. The molecule has 0 nitrogen and oxygen atoms in total. The van der Waals surface area contributed by atoms with E-state index in [2.05, 4.69) is 0 Å². The third-order valence-electron chi connectivity index (χ3n) is 5.73. The molecule has 0 fully saturated rings. The second-order valence-electron chi connectivity index (χ2n) is 8.48. The molecule has 0 spiro atoms. The zero-order chi connectivity index (χ0) is 26.2. The van der Waals surface area contributed by atoms with Gasteiger partial charge < -0.3 is 0 Å². The van der Waals surface area contributed by atoms with Crippen LogP contribution in [0.3, 0.4) is 0 Å². The number of benzene rings is 4. The normalized spacial score (nSPS) is 17.7. The summed E-state index contributed by atoms with van der Waals surface area (Å²) in [7, 11) is 0. The van der Waals surface area contributed by atoms with Crippen LogP contribution in [-0.2, 0) is 10.8 Å². The first-order chi connectivity index (χ1) is 17.0. The fourth-order valence-electron chi connectivity index (χ4n) is 4.53. The Morgan fingerprint density at radius 1 is 0.655 bits per heavy atom. The minimum Gasteiger partial charge on any atom is -0.0622 e. The predicted octanol–water partition coefficient (Wildman–Crippen LogP) is 7.35. The van der Waals surface area contributed by atoms with Crippen LogP contribution in [0.2, 0.25) is 0 Å². The molecule has 5 rings (SSSR count). The first-order valence-corrected chi connectivity index (χ1v) is 9.82. The van der Waals surface area contributed by atoms with Gasteiger partial charge in [0.15, 0.2) is 0 Å². The van der Waals surface area contributed by atoms with Gasteiger partial charge in [0.25, 0.3) is 0 Å². The maximum atomic E-state index is 9.17. The summed E-state index contributed by atoms with van der Waals surface area (Å²) in [5.41, 5.74) is 1.71. The molecule has 142 valence electrons. The Morgan fingerprint density at radius 3 is 1.79 bits per heavy atom. The fraction of sp³-hybridized carbons (Fsp3) is 0.172. The van der Waals surface area contributed by atoms with E-state index in [9.17, 15) is 1.37 Å². The molecule has 0 heteroatoms. The molecule has 0 saturated carbocycles. The van der Waals surface area contributed by atoms with Gasteiger partial charge in [0.1, 0.15) is 0 Å². The lowest BCUT2D eigenvalue weighted by Crippen LogP contribution is -2.28. The Hall–Kier alpha value is -3.12. The van der Waals surface area contributed by atoms with E-state index in [-0.39, 0.29) is 42.3 Å². The highest BCUT2D eigenvalue weighted by Gasteiger charge is 2.47. The van der Waals surface area contributed by atoms with E-state index in [1.165, 1.54) is 0 Å². The van der Waals surface area contributed by atoms with Crippen LogP contribution in [0.4, 0.5) is 0 Å². The Morgan fingerprint density at radius 2 is 1.21 bits per heavy atom. The van der Waals surface area contributed by atoms with Gasteiger partial charge in [-0.2, -0.15) is 0 Å². The van der Waals surface area contributed by atoms with Gasteiger partial charge >= 0.3 is 0 Å². The van der Waals surface area contributed by atoms with Gasteiger partial charge in [-0.3, -0.25) is 0 Å². The van der Waals surface area contributed by atoms with Crippen LogP contribution in [0.5, 0.6) is 0 Å². The number of hydrogen-bond donors (Lipinski definition) is 0. The quantitative estimate of drug-likeness (QED) is 0.300. The summed E-state index contributed by atoms with van der Waals surface area (Å²) < 4.78 is 62.0. The van der Waals surface area contributed by atoms with Crippen molar-refractivity contribution in [3.8, 4) is 11.1 Å². The summed E-state index contributed by atoms with van der Waals surface area (Å²) in [4.78, 5) is 0. The second-order valence-corrected chi connectivity index (χ2v) is 8.48. The molecule has 0 bridgehead atoms. The maximum Gasteiger partial charge on any atom is 0.0713 e. The molecule has 4 aromatic rings. The van der Waals surface area contributed by atoms with Crippen LogP contribution < -0.4 is 0 Å². The molecule has 4 aromatic carbocycles. The molecule has 0 radical (unpaired) electrons. The van der Waals surface area contributed by atoms with E-state index in [1.54, 1.807) is 0 Å². The van der Waals surface area contributed by atoms with E-state index in [4.69, 9.17) is 8.22 Å². The first kappa shape index (κ1) is 11.8. The standard InChI is InChI=1S/C29H26/c1-28(2,3)25-19-12-20-26-27(25)23-17-10-11-18-24(23)29(26,21-13-6-4-7-14-21)22-15-8-5-9-16-22/h4-20H,1-3H3/i10D,11D,12D,17D,18D,19D,20D. The van der Waals surface area contributed by atoms with Crippen molar-refractivity contribution in [1.29, 1.82) is 0 Å². The first-order valence-electron chi connectivity index (χ1n) is 13.3. The van der Waals surface area contributed by atoms with E-state index in [1.807, 2.05) is 81.4 Å². The molecule has 0 amide bonds. The molecule has 1 aliphatic rings. The molecule has 1 aliphatic carbocycles. The molecule has 0 N–H and O–H groups in total. The topological polar surface area (TPSA) is 0 Å². The zero-order valence-corrected chi connectivity index (χ0v) is 16.8. The third kappa shape index (κ3) is 2.52. The van der Waals surface area contributed by atoms with Gasteiger partial charge in [0.2, 0.25) is 0 Å². The Labute approximate surface area is 183 Å². The Bertz CT molecular complexity index is 1480. The van der Waals surface area contributed by atoms with Crippen LogP contribution in [0.15, 0.2) is 103 Å². The van der Waals surface area contributed by atoms with Gasteiger partial charge in [0, 0.05) is 0 Å². The second kappa shape index (κ2) is 6.46. The third-order valence-corrected chi connectivity index (χ3v) is 5.73. The van der Waals surface area contributed by atoms with Gasteiger partial charge in [-0.05, 0) is 44.4 Å². The van der Waals surface area contributed by atoms with Gasteiger partial charge in [-0.15, -0.1) is 0 Å². The van der Waals surface area contributed by atoms with Crippen molar-refractivity contribution in [3.63, 3.8) is 0 Å². The van der Waals surface area contributed by atoms with Crippen molar-refractivity contribution in [2.24, 2.45) is 0 Å². The van der Waals surface area contributed by atoms with E-state index >= 15 is 0 Å². The molecule has 0 aliphatic heterocycles. The average molecular weight is 382 g/mol. The molecule has 0 saturated heterocycles. The van der Waals surface area contributed by atoms with Crippen LogP contribution in [0.1, 0.15) is 58.2 Å². The Kier molecular flexibility index (Phi) is 2.62. The largest absolute Gasteiger partial charge is 0.0713 e. The molecule has 0 aromatic heterocycles. The summed E-state index contributed by atoms with van der Waals surface area (Å²) in [5.74, 6) is 0. The van der Waals surface area contributed by atoms with Crippen LogP contribution in [0.25, 0.3) is 11.1 Å². The van der Waals surface area contributed by atoms with Crippen molar-refractivity contribution in [3.05, 3.63) is 131 Å². The van der Waals surface area contributed by atoms with Crippen molar-refractivity contribution in [1.82, 2.24) is 0 Å². The van der Waals surface area contributed by atoms with E-state index in [0.717, 1.165) is 11.1 Å². The minimum absolute atomic E-state index is 0.0819. The van der Waals surface area contributed by atoms with Crippen molar-refractivity contribution >= 4 is 0 Å². The van der Waals surface area contributed by atoms with Gasteiger partial charge in [-0.25, -0.2) is 0 Å².